The monoisotopic (exact) mass is 488 g/mol. The maximum Gasteiger partial charge on any atom is 0.265 e. The summed E-state index contributed by atoms with van der Waals surface area (Å²) in [6.07, 6.45) is 0.633. The summed E-state index contributed by atoms with van der Waals surface area (Å²) < 4.78 is 16.6. The van der Waals surface area contributed by atoms with Gasteiger partial charge in [0.1, 0.15) is 17.2 Å². The zero-order valence-corrected chi connectivity index (χ0v) is 21.2. The molecule has 0 aliphatic carbocycles. The van der Waals surface area contributed by atoms with Gasteiger partial charge in [-0.05, 0) is 72.0 Å². The molecule has 0 atom stereocenters. The Morgan fingerprint density at radius 1 is 1.00 bits per heavy atom. The third-order valence-electron chi connectivity index (χ3n) is 6.03. The van der Waals surface area contributed by atoms with Gasteiger partial charge in [0.25, 0.3) is 11.8 Å². The second kappa shape index (κ2) is 10.7. The first kappa shape index (κ1) is 25.1. The number of nitrogens with one attached hydrogen (secondary N) is 1. The molecule has 0 saturated heterocycles. The largest absolute Gasteiger partial charge is 0.497 e. The SMILES string of the molecule is COc1ccc(OCCCN2C(=O)COc3ccc(NC(=O)c4ccc(C(C)(C)C)cc4)cc32)cc1. The number of amides is 2. The number of nitrogens with zero attached hydrogens (tertiary/aromatic N) is 1. The minimum atomic E-state index is -0.210. The predicted molar refractivity (Wildman–Crippen MR) is 140 cm³/mol. The van der Waals surface area contributed by atoms with Gasteiger partial charge in [0, 0.05) is 17.8 Å². The number of anilines is 2. The van der Waals surface area contributed by atoms with Crippen molar-refractivity contribution in [2.75, 3.05) is 37.1 Å². The molecule has 0 fully saturated rings. The molecule has 1 N–H and O–H groups in total. The minimum Gasteiger partial charge on any atom is -0.497 e. The fourth-order valence-corrected chi connectivity index (χ4v) is 3.93. The van der Waals surface area contributed by atoms with Crippen LogP contribution >= 0.6 is 0 Å². The molecule has 1 heterocycles. The van der Waals surface area contributed by atoms with Gasteiger partial charge < -0.3 is 24.4 Å². The van der Waals surface area contributed by atoms with Gasteiger partial charge in [-0.15, -0.1) is 0 Å². The maximum absolute atomic E-state index is 12.8. The van der Waals surface area contributed by atoms with E-state index in [0.29, 0.717) is 42.3 Å². The Morgan fingerprint density at radius 3 is 2.36 bits per heavy atom. The summed E-state index contributed by atoms with van der Waals surface area (Å²) in [5.41, 5.74) is 2.98. The summed E-state index contributed by atoms with van der Waals surface area (Å²) in [5.74, 6) is 1.78. The number of carbonyl (C=O) groups excluding carboxylic acids is 2. The molecule has 0 spiro atoms. The molecule has 1 aliphatic heterocycles. The number of methoxy groups -OCH3 is 1. The molecule has 188 valence electrons. The van der Waals surface area contributed by atoms with Gasteiger partial charge in [0.05, 0.1) is 19.4 Å². The molecule has 3 aromatic carbocycles. The van der Waals surface area contributed by atoms with E-state index in [4.69, 9.17) is 14.2 Å². The number of carbonyl (C=O) groups is 2. The first-order valence-electron chi connectivity index (χ1n) is 12.0. The summed E-state index contributed by atoms with van der Waals surface area (Å²) in [7, 11) is 1.62. The number of benzene rings is 3. The fourth-order valence-electron chi connectivity index (χ4n) is 3.93. The van der Waals surface area contributed by atoms with E-state index >= 15 is 0 Å². The Morgan fingerprint density at radius 2 is 1.69 bits per heavy atom. The van der Waals surface area contributed by atoms with Crippen molar-refractivity contribution >= 4 is 23.2 Å². The summed E-state index contributed by atoms with van der Waals surface area (Å²) in [5, 5.41) is 2.93. The second-order valence-electron chi connectivity index (χ2n) is 9.68. The highest BCUT2D eigenvalue weighted by molar-refractivity contribution is 6.05. The van der Waals surface area contributed by atoms with Crippen LogP contribution in [0.5, 0.6) is 17.2 Å². The van der Waals surface area contributed by atoms with Crippen LogP contribution in [0.25, 0.3) is 0 Å². The molecule has 4 rings (SSSR count). The van der Waals surface area contributed by atoms with Crippen LogP contribution in [-0.2, 0) is 10.2 Å². The van der Waals surface area contributed by atoms with Crippen molar-refractivity contribution in [2.24, 2.45) is 0 Å². The van der Waals surface area contributed by atoms with Crippen molar-refractivity contribution in [1.82, 2.24) is 0 Å². The van der Waals surface area contributed by atoms with Crippen LogP contribution in [0.4, 0.5) is 11.4 Å². The Labute approximate surface area is 212 Å². The molecule has 7 nitrogen and oxygen atoms in total. The smallest absolute Gasteiger partial charge is 0.265 e. The second-order valence-corrected chi connectivity index (χ2v) is 9.68. The average molecular weight is 489 g/mol. The zero-order valence-electron chi connectivity index (χ0n) is 21.2. The molecule has 0 saturated carbocycles. The van der Waals surface area contributed by atoms with Gasteiger partial charge in [-0.25, -0.2) is 0 Å². The fraction of sp³-hybridized carbons (Fsp3) is 0.310. The Kier molecular flexibility index (Phi) is 7.48. The summed E-state index contributed by atoms with van der Waals surface area (Å²) in [6, 6.07) is 20.3. The first-order chi connectivity index (χ1) is 17.2. The van der Waals surface area contributed by atoms with E-state index in [0.717, 1.165) is 17.1 Å². The summed E-state index contributed by atoms with van der Waals surface area (Å²) in [6.45, 7) is 7.31. The lowest BCUT2D eigenvalue weighted by atomic mass is 9.87. The molecule has 2 amide bonds. The lowest BCUT2D eigenvalue weighted by Crippen LogP contribution is -2.39. The zero-order chi connectivity index (χ0) is 25.7. The molecule has 3 aromatic rings. The number of fused-ring (bicyclic) bond motifs is 1. The Bertz CT molecular complexity index is 1210. The van der Waals surface area contributed by atoms with Crippen LogP contribution in [-0.4, -0.2) is 38.7 Å². The van der Waals surface area contributed by atoms with Crippen molar-refractivity contribution in [2.45, 2.75) is 32.6 Å². The van der Waals surface area contributed by atoms with Crippen LogP contribution in [0.2, 0.25) is 0 Å². The third-order valence-corrected chi connectivity index (χ3v) is 6.03. The Hall–Kier alpha value is -4.00. The molecule has 0 unspecified atom stereocenters. The summed E-state index contributed by atoms with van der Waals surface area (Å²) in [4.78, 5) is 27.1. The van der Waals surface area contributed by atoms with Gasteiger partial charge in [0.15, 0.2) is 6.61 Å². The molecule has 7 heteroatoms. The quantitative estimate of drug-likeness (QED) is 0.427. The molecule has 36 heavy (non-hydrogen) atoms. The van der Waals surface area contributed by atoms with Crippen LogP contribution in [0.15, 0.2) is 66.7 Å². The van der Waals surface area contributed by atoms with Crippen molar-refractivity contribution in [3.8, 4) is 17.2 Å². The van der Waals surface area contributed by atoms with Crippen molar-refractivity contribution in [1.29, 1.82) is 0 Å². The molecule has 0 bridgehead atoms. The predicted octanol–water partition coefficient (Wildman–Crippen LogP) is 5.44. The van der Waals surface area contributed by atoms with Crippen molar-refractivity contribution < 1.29 is 23.8 Å². The van der Waals surface area contributed by atoms with E-state index in [1.54, 1.807) is 30.2 Å². The van der Waals surface area contributed by atoms with E-state index in [1.165, 1.54) is 0 Å². The lowest BCUT2D eigenvalue weighted by molar-refractivity contribution is -0.121. The minimum absolute atomic E-state index is 0.0157. The van der Waals surface area contributed by atoms with E-state index < -0.39 is 0 Å². The van der Waals surface area contributed by atoms with Crippen molar-refractivity contribution in [3.63, 3.8) is 0 Å². The van der Waals surface area contributed by atoms with E-state index in [-0.39, 0.29) is 23.8 Å². The van der Waals surface area contributed by atoms with Crippen molar-refractivity contribution in [3.05, 3.63) is 77.9 Å². The molecular weight excluding hydrogens is 456 g/mol. The van der Waals surface area contributed by atoms with Gasteiger partial charge in [-0.3, -0.25) is 9.59 Å². The molecule has 1 aliphatic rings. The number of rotatable bonds is 8. The lowest BCUT2D eigenvalue weighted by Gasteiger charge is -2.30. The average Bonchev–Trinajstić information content (AvgIpc) is 2.87. The van der Waals surface area contributed by atoms with E-state index in [2.05, 4.69) is 26.1 Å². The van der Waals surface area contributed by atoms with Gasteiger partial charge in [-0.2, -0.15) is 0 Å². The number of hydrogen-bond acceptors (Lipinski definition) is 5. The Balaban J connectivity index is 1.39. The van der Waals surface area contributed by atoms with E-state index in [9.17, 15) is 9.59 Å². The molecule has 0 aromatic heterocycles. The van der Waals surface area contributed by atoms with Crippen LogP contribution in [0.3, 0.4) is 0 Å². The highest BCUT2D eigenvalue weighted by atomic mass is 16.5. The van der Waals surface area contributed by atoms with Gasteiger partial charge in [-0.1, -0.05) is 32.9 Å². The molecule has 0 radical (unpaired) electrons. The summed E-state index contributed by atoms with van der Waals surface area (Å²) >= 11 is 0. The van der Waals surface area contributed by atoms with E-state index in [1.807, 2.05) is 48.5 Å². The normalized spacial score (nSPS) is 13.0. The van der Waals surface area contributed by atoms with Gasteiger partial charge in [0.2, 0.25) is 0 Å². The highest BCUT2D eigenvalue weighted by Crippen LogP contribution is 2.35. The number of hydrogen-bond donors (Lipinski definition) is 1. The van der Waals surface area contributed by atoms with Gasteiger partial charge >= 0.3 is 0 Å². The standard InChI is InChI=1S/C29H32N2O5/c1-29(2,3)21-8-6-20(7-9-21)28(33)30-22-10-15-26-25(18-22)31(27(32)19-36-26)16-5-17-35-24-13-11-23(34-4)12-14-24/h6-15,18H,5,16-17,19H2,1-4H3,(H,30,33). The topological polar surface area (TPSA) is 77.1 Å². The first-order valence-corrected chi connectivity index (χ1v) is 12.0. The van der Waals surface area contributed by atoms with Crippen LogP contribution in [0, 0.1) is 0 Å². The molecular formula is C29H32N2O5. The third kappa shape index (κ3) is 5.97. The maximum atomic E-state index is 12.8. The van der Waals surface area contributed by atoms with Crippen LogP contribution < -0.4 is 24.4 Å². The number of ether oxygens (including phenoxy) is 3. The van der Waals surface area contributed by atoms with Crippen LogP contribution in [0.1, 0.15) is 43.1 Å². The highest BCUT2D eigenvalue weighted by Gasteiger charge is 2.26.